The number of carbonyl (C=O) groups is 3. The van der Waals surface area contributed by atoms with E-state index in [1.807, 2.05) is 0 Å². The van der Waals surface area contributed by atoms with Gasteiger partial charge in [-0.3, -0.25) is 14.4 Å². The number of hydrogen-bond donors (Lipinski definition) is 5. The molecule has 1 aromatic heterocycles. The van der Waals surface area contributed by atoms with Crippen molar-refractivity contribution in [2.45, 2.75) is 39.5 Å². The van der Waals surface area contributed by atoms with Crippen LogP contribution in [0.3, 0.4) is 0 Å². The van der Waals surface area contributed by atoms with Crippen molar-refractivity contribution in [3.8, 4) is 0 Å². The van der Waals surface area contributed by atoms with E-state index >= 15 is 0 Å². The summed E-state index contributed by atoms with van der Waals surface area (Å²) in [4.78, 5) is 40.2. The van der Waals surface area contributed by atoms with E-state index in [9.17, 15) is 23.2 Å². The monoisotopic (exact) mass is 549 g/mol. The number of aromatic nitrogens is 1. The van der Waals surface area contributed by atoms with Crippen molar-refractivity contribution in [1.82, 2.24) is 10.3 Å². The van der Waals surface area contributed by atoms with Crippen molar-refractivity contribution in [2.24, 2.45) is 10.2 Å². The van der Waals surface area contributed by atoms with E-state index in [1.54, 1.807) is 13.8 Å². The van der Waals surface area contributed by atoms with E-state index < -0.39 is 17.5 Å². The van der Waals surface area contributed by atoms with Gasteiger partial charge in [0.1, 0.15) is 11.6 Å². The Kier molecular flexibility index (Phi) is 8.67. The Hall–Kier alpha value is -4.87. The number of benzene rings is 2. The van der Waals surface area contributed by atoms with Crippen LogP contribution in [0, 0.1) is 25.5 Å². The minimum atomic E-state index is -0.489. The zero-order chi connectivity index (χ0) is 28.8. The highest BCUT2D eigenvalue weighted by atomic mass is 19.1. The quantitative estimate of drug-likeness (QED) is 0.111. The zero-order valence-electron chi connectivity index (χ0n) is 22.0. The van der Waals surface area contributed by atoms with E-state index in [1.165, 1.54) is 36.5 Å². The summed E-state index contributed by atoms with van der Waals surface area (Å²) < 4.78 is 26.7. The molecule has 2 aromatic carbocycles. The van der Waals surface area contributed by atoms with Crippen LogP contribution in [-0.2, 0) is 9.59 Å². The fraction of sp³-hybridized carbons (Fsp3) is 0.250. The van der Waals surface area contributed by atoms with Crippen molar-refractivity contribution >= 4 is 46.7 Å². The summed E-state index contributed by atoms with van der Waals surface area (Å²) >= 11 is 0. The Bertz CT molecular complexity index is 1530. The molecule has 0 aliphatic carbocycles. The molecule has 3 amide bonds. The molecule has 12 heteroatoms. The minimum absolute atomic E-state index is 0.00159. The van der Waals surface area contributed by atoms with Gasteiger partial charge in [0.2, 0.25) is 5.91 Å². The number of aromatic amines is 1. The summed E-state index contributed by atoms with van der Waals surface area (Å²) in [7, 11) is 0. The number of nitrogen functional groups attached to an aromatic ring is 1. The molecule has 1 aliphatic rings. The van der Waals surface area contributed by atoms with Crippen molar-refractivity contribution in [3.05, 3.63) is 76.1 Å². The highest BCUT2D eigenvalue weighted by Gasteiger charge is 2.26. The molecule has 0 bridgehead atoms. The first kappa shape index (κ1) is 28.1. The fourth-order valence-corrected chi connectivity index (χ4v) is 4.35. The second-order valence-electron chi connectivity index (χ2n) is 9.35. The number of nitrogens with one attached hydrogen (secondary N) is 4. The molecule has 40 heavy (non-hydrogen) atoms. The number of unbranched alkanes of at least 4 members (excludes halogenated alkanes) is 2. The third-order valence-corrected chi connectivity index (χ3v) is 6.40. The van der Waals surface area contributed by atoms with Crippen LogP contribution in [0.5, 0.6) is 0 Å². The van der Waals surface area contributed by atoms with Gasteiger partial charge in [-0.05, 0) is 68.7 Å². The number of carbonyl (C=O) groups excluding carboxylic acids is 3. The first-order valence-electron chi connectivity index (χ1n) is 12.7. The average molecular weight is 550 g/mol. The lowest BCUT2D eigenvalue weighted by molar-refractivity contribution is -0.116. The standard InChI is InChI=1S/C28H29F2N7O3/c1-15-23(14-33-37-26-19-12-17(29)7-9-21(19)36-28(26)40)34-16(2)25(15)27(39)32-11-5-3-4-6-24(38)35-22-10-8-18(30)13-20(22)31/h7-10,12-14,34H,3-6,11,31H2,1-2H3,(H,32,39)(H,35,38)(H,36,37,40)/b33-14+. The first-order valence-corrected chi connectivity index (χ1v) is 12.7. The smallest absolute Gasteiger partial charge is 0.276 e. The van der Waals surface area contributed by atoms with Gasteiger partial charge in [0.05, 0.1) is 34.5 Å². The van der Waals surface area contributed by atoms with Gasteiger partial charge in [0, 0.05) is 24.2 Å². The van der Waals surface area contributed by atoms with Gasteiger partial charge < -0.3 is 26.7 Å². The lowest BCUT2D eigenvalue weighted by Crippen LogP contribution is -2.25. The number of hydrogen-bond acceptors (Lipinski definition) is 6. The number of fused-ring (bicyclic) bond motifs is 1. The summed E-state index contributed by atoms with van der Waals surface area (Å²) in [5.41, 5.74) is 9.38. The topological polar surface area (TPSA) is 154 Å². The van der Waals surface area contributed by atoms with Crippen LogP contribution in [0.4, 0.5) is 25.8 Å². The SMILES string of the molecule is Cc1[nH]c(/C=N/N=C2\C(=O)Nc3ccc(F)cc32)c(C)c1C(=O)NCCCCCC(=O)Nc1ccc(F)cc1N. The molecule has 1 aliphatic heterocycles. The molecule has 4 rings (SSSR count). The predicted molar refractivity (Wildman–Crippen MR) is 150 cm³/mol. The normalized spacial score (nSPS) is 13.5. The van der Waals surface area contributed by atoms with Gasteiger partial charge in [-0.1, -0.05) is 6.42 Å². The number of halogens is 2. The molecule has 0 atom stereocenters. The Labute approximate surface area is 229 Å². The van der Waals surface area contributed by atoms with Crippen molar-refractivity contribution in [3.63, 3.8) is 0 Å². The molecular weight excluding hydrogens is 520 g/mol. The van der Waals surface area contributed by atoms with Crippen molar-refractivity contribution in [1.29, 1.82) is 0 Å². The average Bonchev–Trinajstić information content (AvgIpc) is 3.36. The molecule has 0 radical (unpaired) electrons. The molecule has 10 nitrogen and oxygen atoms in total. The van der Waals surface area contributed by atoms with E-state index in [4.69, 9.17) is 5.73 Å². The maximum Gasteiger partial charge on any atom is 0.276 e. The fourth-order valence-electron chi connectivity index (χ4n) is 4.35. The molecule has 0 saturated heterocycles. The number of nitrogens with zero attached hydrogens (tertiary/aromatic N) is 2. The highest BCUT2D eigenvalue weighted by molar-refractivity contribution is 6.53. The number of aryl methyl sites for hydroxylation is 1. The largest absolute Gasteiger partial charge is 0.397 e. The maximum absolute atomic E-state index is 13.6. The summed E-state index contributed by atoms with van der Waals surface area (Å²) in [5, 5.41) is 16.1. The van der Waals surface area contributed by atoms with Crippen LogP contribution >= 0.6 is 0 Å². The van der Waals surface area contributed by atoms with Crippen LogP contribution in [0.2, 0.25) is 0 Å². The molecule has 208 valence electrons. The Morgan fingerprint density at radius 3 is 2.58 bits per heavy atom. The number of amides is 3. The second kappa shape index (κ2) is 12.3. The van der Waals surface area contributed by atoms with Crippen LogP contribution in [0.1, 0.15) is 58.6 Å². The first-order chi connectivity index (χ1) is 19.1. The molecule has 0 unspecified atom stereocenters. The summed E-state index contributed by atoms with van der Waals surface area (Å²) in [6.07, 6.45) is 3.69. The lowest BCUT2D eigenvalue weighted by atomic mass is 10.1. The molecule has 6 N–H and O–H groups in total. The van der Waals surface area contributed by atoms with Crippen LogP contribution in [-0.4, -0.2) is 41.2 Å². The summed E-state index contributed by atoms with van der Waals surface area (Å²) in [5.74, 6) is -1.90. The highest BCUT2D eigenvalue weighted by Crippen LogP contribution is 2.24. The molecule has 2 heterocycles. The van der Waals surface area contributed by atoms with E-state index in [2.05, 4.69) is 31.1 Å². The number of nitrogens with two attached hydrogens (primary N) is 1. The molecule has 0 spiro atoms. The van der Waals surface area contributed by atoms with Crippen molar-refractivity contribution in [2.75, 3.05) is 22.9 Å². The Morgan fingerprint density at radius 2 is 1.80 bits per heavy atom. The number of rotatable bonds is 10. The molecule has 0 fully saturated rings. The van der Waals surface area contributed by atoms with Gasteiger partial charge in [-0.15, -0.1) is 5.10 Å². The van der Waals surface area contributed by atoms with Gasteiger partial charge in [-0.25, -0.2) is 8.78 Å². The maximum atomic E-state index is 13.6. The van der Waals surface area contributed by atoms with Gasteiger partial charge in [0.25, 0.3) is 11.8 Å². The molecular formula is C28H29F2N7O3. The predicted octanol–water partition coefficient (Wildman–Crippen LogP) is 4.20. The number of H-pyrrole nitrogens is 1. The van der Waals surface area contributed by atoms with Gasteiger partial charge in [0.15, 0.2) is 5.71 Å². The summed E-state index contributed by atoms with van der Waals surface area (Å²) in [6.45, 7) is 3.96. The summed E-state index contributed by atoms with van der Waals surface area (Å²) in [6, 6.07) is 7.72. The Balaban J connectivity index is 1.25. The third kappa shape index (κ3) is 6.57. The number of anilines is 3. The van der Waals surface area contributed by atoms with E-state index in [-0.39, 0.29) is 29.6 Å². The minimum Gasteiger partial charge on any atom is -0.397 e. The molecule has 0 saturated carbocycles. The van der Waals surface area contributed by atoms with Crippen molar-refractivity contribution < 1.29 is 23.2 Å². The molecule has 3 aromatic rings. The van der Waals surface area contributed by atoms with E-state index in [0.717, 1.165) is 12.5 Å². The van der Waals surface area contributed by atoms with E-state index in [0.29, 0.717) is 58.8 Å². The van der Waals surface area contributed by atoms with Crippen LogP contribution in [0.25, 0.3) is 0 Å². The van der Waals surface area contributed by atoms with Crippen LogP contribution < -0.4 is 21.7 Å². The Morgan fingerprint density at radius 1 is 1.05 bits per heavy atom. The zero-order valence-corrected chi connectivity index (χ0v) is 22.0. The third-order valence-electron chi connectivity index (χ3n) is 6.40. The second-order valence-corrected chi connectivity index (χ2v) is 9.35. The lowest BCUT2D eigenvalue weighted by Gasteiger charge is -2.08. The van der Waals surface area contributed by atoms with Gasteiger partial charge in [-0.2, -0.15) is 5.10 Å². The van der Waals surface area contributed by atoms with Crippen LogP contribution in [0.15, 0.2) is 46.6 Å². The van der Waals surface area contributed by atoms with Gasteiger partial charge >= 0.3 is 0 Å².